The Balaban J connectivity index is 1.18. The number of hydrogen-bond donors (Lipinski definition) is 2. The molecule has 4 heteroatoms. The van der Waals surface area contributed by atoms with Gasteiger partial charge in [-0.25, -0.2) is 0 Å². The van der Waals surface area contributed by atoms with Crippen molar-refractivity contribution in [1.29, 1.82) is 10.8 Å². The first-order chi connectivity index (χ1) is 25.7. The zero-order valence-corrected chi connectivity index (χ0v) is 28.1. The molecule has 3 heterocycles. The number of fused-ring (bicyclic) bond motifs is 12. The first-order valence-electron chi connectivity index (χ1n) is 17.6. The average molecular weight is 663 g/mol. The highest BCUT2D eigenvalue weighted by atomic mass is 15.0. The van der Waals surface area contributed by atoms with E-state index in [1.807, 2.05) is 54.6 Å². The molecule has 242 valence electrons. The van der Waals surface area contributed by atoms with E-state index in [9.17, 15) is 10.8 Å². The van der Waals surface area contributed by atoms with Crippen LogP contribution in [0.2, 0.25) is 0 Å². The van der Waals surface area contributed by atoms with Gasteiger partial charge in [-0.05, 0) is 34.7 Å². The highest BCUT2D eigenvalue weighted by Gasteiger charge is 2.26. The van der Waals surface area contributed by atoms with Crippen molar-refractivity contribution < 1.29 is 0 Å². The van der Waals surface area contributed by atoms with Crippen LogP contribution >= 0.6 is 0 Å². The average Bonchev–Trinajstić information content (AvgIpc) is 3.85. The van der Waals surface area contributed by atoms with Gasteiger partial charge in [-0.15, -0.1) is 0 Å². The summed E-state index contributed by atoms with van der Waals surface area (Å²) in [6, 6.07) is 59.0. The molecule has 0 fully saturated rings. The number of rotatable bonds is 4. The highest BCUT2D eigenvalue weighted by Crippen LogP contribution is 2.47. The summed E-state index contributed by atoms with van der Waals surface area (Å²) in [6.45, 7) is 0. The number of nitrogens with zero attached hydrogens (tertiary/aromatic N) is 2. The second-order valence-corrected chi connectivity index (χ2v) is 13.6. The van der Waals surface area contributed by atoms with Crippen LogP contribution < -0.4 is 0 Å². The van der Waals surface area contributed by atoms with E-state index in [4.69, 9.17) is 0 Å². The Hall–Kier alpha value is -7.04. The number of nitrogens with one attached hydrogen (secondary N) is 2. The molecule has 0 unspecified atom stereocenters. The van der Waals surface area contributed by atoms with Crippen molar-refractivity contribution in [3.8, 4) is 11.1 Å². The number of hydrogen-bond acceptors (Lipinski definition) is 2. The zero-order valence-electron chi connectivity index (χ0n) is 28.1. The molecular weight excluding hydrogens is 633 g/mol. The van der Waals surface area contributed by atoms with Crippen molar-refractivity contribution in [3.63, 3.8) is 0 Å². The van der Waals surface area contributed by atoms with Gasteiger partial charge in [0.2, 0.25) is 0 Å². The highest BCUT2D eigenvalue weighted by molar-refractivity contribution is 6.38. The van der Waals surface area contributed by atoms with Crippen LogP contribution in [-0.2, 0) is 0 Å². The molecule has 11 rings (SSSR count). The molecule has 0 saturated heterocycles. The van der Waals surface area contributed by atoms with Gasteiger partial charge in [0, 0.05) is 54.4 Å². The van der Waals surface area contributed by atoms with Gasteiger partial charge < -0.3 is 4.40 Å². The summed E-state index contributed by atoms with van der Waals surface area (Å²) in [5, 5.41) is 28.9. The first kappa shape index (κ1) is 28.8. The van der Waals surface area contributed by atoms with Crippen molar-refractivity contribution in [2.24, 2.45) is 0 Å². The molecule has 0 radical (unpaired) electrons. The van der Waals surface area contributed by atoms with Crippen molar-refractivity contribution in [1.82, 2.24) is 8.97 Å². The molecule has 0 aliphatic heterocycles. The molecular formula is C48H30N4. The summed E-state index contributed by atoms with van der Waals surface area (Å²) in [5.74, 6) is 0.347. The van der Waals surface area contributed by atoms with Crippen LogP contribution in [0.3, 0.4) is 0 Å². The largest absolute Gasteiger partial charge is 0.307 e. The second-order valence-electron chi connectivity index (χ2n) is 13.6. The molecule has 0 saturated carbocycles. The van der Waals surface area contributed by atoms with Gasteiger partial charge >= 0.3 is 0 Å². The molecule has 4 nitrogen and oxygen atoms in total. The smallest absolute Gasteiger partial charge is 0.137 e. The van der Waals surface area contributed by atoms with E-state index in [-0.39, 0.29) is 0 Å². The molecule has 0 spiro atoms. The lowest BCUT2D eigenvalue weighted by molar-refractivity contribution is 1.22. The number of para-hydroxylation sites is 2. The quantitative estimate of drug-likeness (QED) is 0.139. The zero-order chi connectivity index (χ0) is 34.5. The van der Waals surface area contributed by atoms with Gasteiger partial charge in [-0.1, -0.05) is 152 Å². The maximum Gasteiger partial charge on any atom is 0.137 e. The molecule has 11 aromatic rings. The first-order valence-corrected chi connectivity index (χ1v) is 17.6. The SMILES string of the molecule is N=C(c1ccc(-c2ccccc2)cc1)c1ccccc1C(=N)n1c2ccccc2c2c3c4ccc5ccccc5c4n4c5ccccc5c(cc21)c34. The molecule has 0 aliphatic rings. The minimum atomic E-state index is 0.347. The fourth-order valence-corrected chi connectivity index (χ4v) is 8.65. The third-order valence-corrected chi connectivity index (χ3v) is 10.9. The van der Waals surface area contributed by atoms with Gasteiger partial charge in [0.15, 0.2) is 0 Å². The Kier molecular flexibility index (Phi) is 5.93. The van der Waals surface area contributed by atoms with Crippen LogP contribution in [0.5, 0.6) is 0 Å². The van der Waals surface area contributed by atoms with E-state index in [0.717, 1.165) is 44.1 Å². The van der Waals surface area contributed by atoms with E-state index < -0.39 is 0 Å². The third-order valence-electron chi connectivity index (χ3n) is 10.9. The lowest BCUT2D eigenvalue weighted by Gasteiger charge is -2.15. The van der Waals surface area contributed by atoms with Gasteiger partial charge in [-0.3, -0.25) is 15.4 Å². The maximum atomic E-state index is 9.98. The summed E-state index contributed by atoms with van der Waals surface area (Å²) < 4.78 is 4.57. The predicted molar refractivity (Wildman–Crippen MR) is 218 cm³/mol. The summed E-state index contributed by atoms with van der Waals surface area (Å²) in [7, 11) is 0. The monoisotopic (exact) mass is 662 g/mol. The van der Waals surface area contributed by atoms with Crippen LogP contribution in [0.4, 0.5) is 0 Å². The van der Waals surface area contributed by atoms with E-state index in [2.05, 4.69) is 124 Å². The number of benzene rings is 8. The fraction of sp³-hybridized carbons (Fsp3) is 0. The van der Waals surface area contributed by atoms with Gasteiger partial charge in [0.1, 0.15) is 5.84 Å². The standard InChI is InChI=1S/C48H30N4/c49-45(32-24-22-30(23-25-32)29-12-2-1-3-13-29)35-17-6-7-18-36(35)48(50)51-41-21-11-9-19-37(41)43-42(51)28-39-34-16-8-10-20-40(34)52-46-33-15-5-4-14-31(33)26-27-38(46)44(43)47(39)52/h1-28,49-50H. The van der Waals surface area contributed by atoms with E-state index in [0.29, 0.717) is 17.1 Å². The van der Waals surface area contributed by atoms with Crippen LogP contribution in [0.25, 0.3) is 81.8 Å². The van der Waals surface area contributed by atoms with E-state index >= 15 is 0 Å². The van der Waals surface area contributed by atoms with E-state index in [1.54, 1.807) is 0 Å². The molecule has 3 aromatic heterocycles. The molecule has 52 heavy (non-hydrogen) atoms. The van der Waals surface area contributed by atoms with Gasteiger partial charge in [0.05, 0.1) is 33.3 Å². The Morgan fingerprint density at radius 3 is 1.85 bits per heavy atom. The molecule has 0 aliphatic carbocycles. The Morgan fingerprint density at radius 2 is 1.04 bits per heavy atom. The Bertz CT molecular complexity index is 3250. The minimum absolute atomic E-state index is 0.347. The Labute approximate surface area is 298 Å². The van der Waals surface area contributed by atoms with Crippen LogP contribution in [0.1, 0.15) is 16.7 Å². The fourth-order valence-electron chi connectivity index (χ4n) is 8.65. The predicted octanol–water partition coefficient (Wildman–Crippen LogP) is 12.1. The molecule has 0 amide bonds. The van der Waals surface area contributed by atoms with Gasteiger partial charge in [-0.2, -0.15) is 0 Å². The number of aromatic nitrogens is 2. The van der Waals surface area contributed by atoms with Crippen molar-refractivity contribution >= 4 is 82.2 Å². The van der Waals surface area contributed by atoms with Crippen LogP contribution in [-0.4, -0.2) is 20.5 Å². The van der Waals surface area contributed by atoms with Crippen molar-refractivity contribution in [3.05, 3.63) is 187 Å². The van der Waals surface area contributed by atoms with Crippen LogP contribution in [0, 0.1) is 10.8 Å². The summed E-state index contributed by atoms with van der Waals surface area (Å²) >= 11 is 0. The summed E-state index contributed by atoms with van der Waals surface area (Å²) in [5.41, 5.74) is 10.5. The van der Waals surface area contributed by atoms with Crippen molar-refractivity contribution in [2.45, 2.75) is 0 Å². The minimum Gasteiger partial charge on any atom is -0.307 e. The molecule has 0 bridgehead atoms. The third kappa shape index (κ3) is 3.86. The lowest BCUT2D eigenvalue weighted by atomic mass is 9.95. The van der Waals surface area contributed by atoms with E-state index in [1.165, 1.54) is 48.9 Å². The molecule has 0 atom stereocenters. The topological polar surface area (TPSA) is 57.0 Å². The summed E-state index contributed by atoms with van der Waals surface area (Å²) in [4.78, 5) is 0. The van der Waals surface area contributed by atoms with Gasteiger partial charge in [0.25, 0.3) is 0 Å². The van der Waals surface area contributed by atoms with Crippen LogP contribution in [0.15, 0.2) is 170 Å². The second kappa shape index (κ2) is 10.7. The molecule has 8 aromatic carbocycles. The summed E-state index contributed by atoms with van der Waals surface area (Å²) in [6.07, 6.45) is 0. The Morgan fingerprint density at radius 1 is 0.404 bits per heavy atom. The maximum absolute atomic E-state index is 9.98. The lowest BCUT2D eigenvalue weighted by Crippen LogP contribution is -2.17. The van der Waals surface area contributed by atoms with Crippen molar-refractivity contribution in [2.75, 3.05) is 0 Å². The molecule has 2 N–H and O–H groups in total. The normalized spacial score (nSPS) is 12.0.